The highest BCUT2D eigenvalue weighted by Gasteiger charge is 2.16. The van der Waals surface area contributed by atoms with Crippen molar-refractivity contribution >= 4 is 23.2 Å². The van der Waals surface area contributed by atoms with Gasteiger partial charge in [-0.05, 0) is 37.0 Å². The Morgan fingerprint density at radius 1 is 1.17 bits per heavy atom. The summed E-state index contributed by atoms with van der Waals surface area (Å²) >= 11 is 11.9. The van der Waals surface area contributed by atoms with Crippen molar-refractivity contribution in [1.29, 1.82) is 0 Å². The van der Waals surface area contributed by atoms with Crippen molar-refractivity contribution in [2.24, 2.45) is 5.92 Å². The molecule has 0 aliphatic rings. The van der Waals surface area contributed by atoms with Gasteiger partial charge in [-0.2, -0.15) is 0 Å². The smallest absolute Gasteiger partial charge is 0.0595 e. The van der Waals surface area contributed by atoms with Crippen LogP contribution in [0.3, 0.4) is 0 Å². The van der Waals surface area contributed by atoms with E-state index in [1.807, 2.05) is 18.2 Å². The van der Waals surface area contributed by atoms with Gasteiger partial charge in [-0.1, -0.05) is 43.1 Å². The third kappa shape index (κ3) is 4.43. The summed E-state index contributed by atoms with van der Waals surface area (Å²) in [7, 11) is 0. The van der Waals surface area contributed by atoms with E-state index in [1.54, 1.807) is 0 Å². The van der Waals surface area contributed by atoms with Gasteiger partial charge in [0.15, 0.2) is 0 Å². The van der Waals surface area contributed by atoms with Crippen LogP contribution in [-0.2, 0) is 0 Å². The first-order chi connectivity index (χ1) is 8.45. The highest BCUT2D eigenvalue weighted by atomic mass is 35.5. The number of aliphatic hydroxyl groups excluding tert-OH is 1. The van der Waals surface area contributed by atoms with Crippen molar-refractivity contribution in [3.63, 3.8) is 0 Å². The minimum atomic E-state index is 0.179. The Balaban J connectivity index is 2.73. The first-order valence-corrected chi connectivity index (χ1v) is 7.03. The van der Waals surface area contributed by atoms with Gasteiger partial charge in [0.2, 0.25) is 0 Å². The van der Waals surface area contributed by atoms with E-state index in [0.717, 1.165) is 12.0 Å². The average molecular weight is 290 g/mol. The van der Waals surface area contributed by atoms with E-state index in [0.29, 0.717) is 22.0 Å². The van der Waals surface area contributed by atoms with Crippen LogP contribution in [-0.4, -0.2) is 17.8 Å². The van der Waals surface area contributed by atoms with Crippen molar-refractivity contribution in [1.82, 2.24) is 5.32 Å². The lowest BCUT2D eigenvalue weighted by molar-refractivity contribution is 0.237. The Bertz CT molecular complexity index is 382. The molecule has 2 unspecified atom stereocenters. The van der Waals surface area contributed by atoms with Gasteiger partial charge in [0.1, 0.15) is 0 Å². The molecule has 1 aromatic carbocycles. The molecule has 2 atom stereocenters. The molecular weight excluding hydrogens is 269 g/mol. The summed E-state index contributed by atoms with van der Waals surface area (Å²) in [4.78, 5) is 0. The molecule has 1 aromatic rings. The second-order valence-corrected chi connectivity index (χ2v) is 5.74. The van der Waals surface area contributed by atoms with Gasteiger partial charge >= 0.3 is 0 Å². The van der Waals surface area contributed by atoms with Gasteiger partial charge < -0.3 is 10.4 Å². The summed E-state index contributed by atoms with van der Waals surface area (Å²) in [5.41, 5.74) is 1.10. The maximum atomic E-state index is 9.07. The molecule has 102 valence electrons. The van der Waals surface area contributed by atoms with E-state index in [1.165, 1.54) is 0 Å². The molecule has 0 fully saturated rings. The first kappa shape index (κ1) is 15.8. The molecule has 0 aliphatic heterocycles. The molecule has 4 heteroatoms. The molecular formula is C14H21Cl2NO. The van der Waals surface area contributed by atoms with Crippen LogP contribution in [0.25, 0.3) is 0 Å². The molecule has 0 aromatic heterocycles. The van der Waals surface area contributed by atoms with Gasteiger partial charge in [-0.15, -0.1) is 0 Å². The fourth-order valence-corrected chi connectivity index (χ4v) is 2.25. The molecule has 2 nitrogen and oxygen atoms in total. The summed E-state index contributed by atoms with van der Waals surface area (Å²) < 4.78 is 0. The van der Waals surface area contributed by atoms with Crippen LogP contribution in [0.1, 0.15) is 38.8 Å². The van der Waals surface area contributed by atoms with E-state index >= 15 is 0 Å². The Labute approximate surface area is 119 Å². The zero-order valence-electron chi connectivity index (χ0n) is 11.1. The van der Waals surface area contributed by atoms with Crippen molar-refractivity contribution in [3.8, 4) is 0 Å². The number of hydrogen-bond acceptors (Lipinski definition) is 2. The van der Waals surface area contributed by atoms with Crippen LogP contribution in [0, 0.1) is 5.92 Å². The SMILES string of the molecule is CC(NC(CCO)C(C)C)c1ccc(Cl)c(Cl)c1. The highest BCUT2D eigenvalue weighted by molar-refractivity contribution is 6.42. The van der Waals surface area contributed by atoms with Gasteiger partial charge in [-0.25, -0.2) is 0 Å². The number of aliphatic hydroxyl groups is 1. The fraction of sp³-hybridized carbons (Fsp3) is 0.571. The zero-order valence-corrected chi connectivity index (χ0v) is 12.6. The number of nitrogens with one attached hydrogen (secondary N) is 1. The predicted molar refractivity (Wildman–Crippen MR) is 78.3 cm³/mol. The summed E-state index contributed by atoms with van der Waals surface area (Å²) in [6, 6.07) is 6.15. The van der Waals surface area contributed by atoms with E-state index in [2.05, 4.69) is 26.1 Å². The van der Waals surface area contributed by atoms with E-state index in [-0.39, 0.29) is 12.6 Å². The van der Waals surface area contributed by atoms with E-state index < -0.39 is 0 Å². The molecule has 2 N–H and O–H groups in total. The third-order valence-corrected chi connectivity index (χ3v) is 3.89. The molecule has 0 saturated carbocycles. The molecule has 0 bridgehead atoms. The van der Waals surface area contributed by atoms with Gasteiger partial charge in [-0.3, -0.25) is 0 Å². The summed E-state index contributed by atoms with van der Waals surface area (Å²) in [6.07, 6.45) is 0.753. The van der Waals surface area contributed by atoms with Crippen LogP contribution >= 0.6 is 23.2 Å². The van der Waals surface area contributed by atoms with Crippen molar-refractivity contribution in [2.45, 2.75) is 39.3 Å². The lowest BCUT2D eigenvalue weighted by Crippen LogP contribution is -2.36. The highest BCUT2D eigenvalue weighted by Crippen LogP contribution is 2.26. The molecule has 0 spiro atoms. The summed E-state index contributed by atoms with van der Waals surface area (Å²) in [6.45, 7) is 6.58. The van der Waals surface area contributed by atoms with Crippen molar-refractivity contribution in [2.75, 3.05) is 6.61 Å². The largest absolute Gasteiger partial charge is 0.396 e. The molecule has 0 amide bonds. The van der Waals surface area contributed by atoms with E-state index in [4.69, 9.17) is 28.3 Å². The fourth-order valence-electron chi connectivity index (χ4n) is 1.95. The minimum Gasteiger partial charge on any atom is -0.396 e. The second kappa shape index (κ2) is 7.34. The minimum absolute atomic E-state index is 0.179. The van der Waals surface area contributed by atoms with Gasteiger partial charge in [0.05, 0.1) is 10.0 Å². The van der Waals surface area contributed by atoms with Crippen LogP contribution < -0.4 is 5.32 Å². The Morgan fingerprint density at radius 2 is 1.83 bits per heavy atom. The van der Waals surface area contributed by atoms with Gasteiger partial charge in [0, 0.05) is 18.7 Å². The number of hydrogen-bond donors (Lipinski definition) is 2. The first-order valence-electron chi connectivity index (χ1n) is 6.27. The number of halogens is 2. The topological polar surface area (TPSA) is 32.3 Å². The molecule has 0 saturated heterocycles. The van der Waals surface area contributed by atoms with Crippen molar-refractivity contribution < 1.29 is 5.11 Å². The predicted octanol–water partition coefficient (Wildman–Crippen LogP) is 4.05. The monoisotopic (exact) mass is 289 g/mol. The molecule has 0 heterocycles. The lowest BCUT2D eigenvalue weighted by Gasteiger charge is -2.26. The zero-order chi connectivity index (χ0) is 13.7. The van der Waals surface area contributed by atoms with Crippen LogP contribution in [0.15, 0.2) is 18.2 Å². The normalized spacial score (nSPS) is 14.8. The standard InChI is InChI=1S/C14H21Cl2NO/c1-9(2)14(6-7-18)17-10(3)11-4-5-12(15)13(16)8-11/h4-5,8-10,14,17-18H,6-7H2,1-3H3. The van der Waals surface area contributed by atoms with Crippen molar-refractivity contribution in [3.05, 3.63) is 33.8 Å². The Morgan fingerprint density at radius 3 is 2.33 bits per heavy atom. The Hall–Kier alpha value is -0.280. The molecule has 0 radical (unpaired) electrons. The number of rotatable bonds is 6. The van der Waals surface area contributed by atoms with Gasteiger partial charge in [0.25, 0.3) is 0 Å². The number of benzene rings is 1. The van der Waals surface area contributed by atoms with Crippen LogP contribution in [0.5, 0.6) is 0 Å². The van der Waals surface area contributed by atoms with E-state index in [9.17, 15) is 0 Å². The molecule has 18 heavy (non-hydrogen) atoms. The Kier molecular flexibility index (Phi) is 6.44. The third-order valence-electron chi connectivity index (χ3n) is 3.15. The maximum Gasteiger partial charge on any atom is 0.0595 e. The maximum absolute atomic E-state index is 9.07. The molecule has 0 aliphatic carbocycles. The second-order valence-electron chi connectivity index (χ2n) is 4.92. The molecule has 1 rings (SSSR count). The lowest BCUT2D eigenvalue weighted by atomic mass is 9.98. The summed E-state index contributed by atoms with van der Waals surface area (Å²) in [5, 5.41) is 13.7. The summed E-state index contributed by atoms with van der Waals surface area (Å²) in [5.74, 6) is 0.474. The van der Waals surface area contributed by atoms with Crippen LogP contribution in [0.4, 0.5) is 0 Å². The quantitative estimate of drug-likeness (QED) is 0.828. The average Bonchev–Trinajstić information content (AvgIpc) is 2.31. The van der Waals surface area contributed by atoms with Crippen LogP contribution in [0.2, 0.25) is 10.0 Å².